The van der Waals surface area contributed by atoms with Crippen LogP contribution in [0.5, 0.6) is 11.5 Å². The van der Waals surface area contributed by atoms with Crippen LogP contribution in [0.25, 0.3) is 0 Å². The molecule has 0 aromatic heterocycles. The van der Waals surface area contributed by atoms with Crippen molar-refractivity contribution in [2.45, 2.75) is 30.8 Å². The van der Waals surface area contributed by atoms with Crippen molar-refractivity contribution in [3.63, 3.8) is 0 Å². The molecule has 1 amide bonds. The molecule has 0 radical (unpaired) electrons. The first-order valence-electron chi connectivity index (χ1n) is 11.3. The van der Waals surface area contributed by atoms with E-state index in [4.69, 9.17) is 9.47 Å². The molecule has 2 aromatic rings. The van der Waals surface area contributed by atoms with Crippen molar-refractivity contribution in [1.82, 2.24) is 9.62 Å². The zero-order chi connectivity index (χ0) is 25.2. The quantitative estimate of drug-likeness (QED) is 0.521. The Morgan fingerprint density at radius 2 is 1.77 bits per heavy atom. The van der Waals surface area contributed by atoms with Gasteiger partial charge >= 0.3 is 0 Å². The van der Waals surface area contributed by atoms with Crippen LogP contribution in [-0.2, 0) is 24.8 Å². The summed E-state index contributed by atoms with van der Waals surface area (Å²) in [4.78, 5) is 12.9. The van der Waals surface area contributed by atoms with Gasteiger partial charge in [-0.1, -0.05) is 6.07 Å². The summed E-state index contributed by atoms with van der Waals surface area (Å²) >= 11 is 0. The molecule has 12 heteroatoms. The Hall–Kier alpha value is -2.83. The Morgan fingerprint density at radius 3 is 2.43 bits per heavy atom. The molecule has 0 bridgehead atoms. The van der Waals surface area contributed by atoms with E-state index in [1.807, 2.05) is 6.92 Å². The lowest BCUT2D eigenvalue weighted by Gasteiger charge is -2.34. The summed E-state index contributed by atoms with van der Waals surface area (Å²) in [5, 5.41) is 2.70. The molecule has 35 heavy (non-hydrogen) atoms. The third kappa shape index (κ3) is 5.71. The number of aryl methyl sites for hydroxylation is 1. The van der Waals surface area contributed by atoms with Crippen LogP contribution in [0.3, 0.4) is 0 Å². The van der Waals surface area contributed by atoms with Crippen molar-refractivity contribution in [1.29, 1.82) is 0 Å². The minimum Gasteiger partial charge on any atom is -0.492 e. The fraction of sp³-hybridized carbons (Fsp3) is 0.435. The fourth-order valence-corrected chi connectivity index (χ4v) is 6.48. The van der Waals surface area contributed by atoms with Gasteiger partial charge in [-0.15, -0.1) is 0 Å². The molecule has 0 saturated carbocycles. The van der Waals surface area contributed by atoms with Crippen molar-refractivity contribution < 1.29 is 31.1 Å². The van der Waals surface area contributed by atoms with Crippen molar-refractivity contribution >= 4 is 31.6 Å². The summed E-state index contributed by atoms with van der Waals surface area (Å²) in [6, 6.07) is 11.3. The number of nitrogens with one attached hydrogen (secondary N) is 1. The van der Waals surface area contributed by atoms with Crippen LogP contribution < -0.4 is 19.1 Å². The van der Waals surface area contributed by atoms with Gasteiger partial charge in [0.25, 0.3) is 5.91 Å². The number of ether oxygens (including phenoxy) is 2. The van der Waals surface area contributed by atoms with E-state index in [-0.39, 0.29) is 24.6 Å². The van der Waals surface area contributed by atoms with Crippen LogP contribution in [-0.4, -0.2) is 72.2 Å². The molecule has 0 unspecified atom stereocenters. The number of sulfonamides is 2. The molecule has 1 N–H and O–H groups in total. The third-order valence-electron chi connectivity index (χ3n) is 5.87. The van der Waals surface area contributed by atoms with Gasteiger partial charge in [0, 0.05) is 13.1 Å². The first-order chi connectivity index (χ1) is 16.6. The number of carbonyl (C=O) groups is 1. The van der Waals surface area contributed by atoms with Gasteiger partial charge in [-0.25, -0.2) is 16.8 Å². The van der Waals surface area contributed by atoms with E-state index in [0.29, 0.717) is 30.3 Å². The second-order valence-corrected chi connectivity index (χ2v) is 12.4. The highest BCUT2D eigenvalue weighted by Crippen LogP contribution is 2.35. The largest absolute Gasteiger partial charge is 0.492 e. The maximum atomic E-state index is 12.7. The van der Waals surface area contributed by atoms with Gasteiger partial charge in [-0.05, 0) is 61.7 Å². The SMILES string of the molecule is Cc1ccc2c(c1)N(S(C)(=O)=O)C[C@H](C(=O)NCCOc1ccc(S(=O)(=O)N3CCCC3)cc1)O2. The maximum Gasteiger partial charge on any atom is 0.263 e. The van der Waals surface area contributed by atoms with E-state index >= 15 is 0 Å². The van der Waals surface area contributed by atoms with E-state index < -0.39 is 32.1 Å². The predicted molar refractivity (Wildman–Crippen MR) is 131 cm³/mol. The van der Waals surface area contributed by atoms with E-state index in [1.165, 1.54) is 20.7 Å². The highest BCUT2D eigenvalue weighted by atomic mass is 32.2. The lowest BCUT2D eigenvalue weighted by atomic mass is 10.1. The number of rotatable bonds is 8. The summed E-state index contributed by atoms with van der Waals surface area (Å²) < 4.78 is 63.8. The van der Waals surface area contributed by atoms with E-state index in [2.05, 4.69) is 5.32 Å². The van der Waals surface area contributed by atoms with E-state index in [1.54, 1.807) is 30.3 Å². The van der Waals surface area contributed by atoms with Crippen molar-refractivity contribution in [2.24, 2.45) is 0 Å². The molecule has 1 saturated heterocycles. The summed E-state index contributed by atoms with van der Waals surface area (Å²) in [5.74, 6) is 0.342. The van der Waals surface area contributed by atoms with Crippen molar-refractivity contribution in [2.75, 3.05) is 43.3 Å². The Morgan fingerprint density at radius 1 is 1.09 bits per heavy atom. The van der Waals surface area contributed by atoms with Crippen molar-refractivity contribution in [3.8, 4) is 11.5 Å². The molecule has 0 aliphatic carbocycles. The molecular weight excluding hydrogens is 494 g/mol. The van der Waals surface area contributed by atoms with Gasteiger partial charge in [-0.2, -0.15) is 4.31 Å². The second kappa shape index (κ2) is 10.0. The normalized spacial score (nSPS) is 18.6. The molecule has 10 nitrogen and oxygen atoms in total. The summed E-state index contributed by atoms with van der Waals surface area (Å²) in [5.41, 5.74) is 1.29. The lowest BCUT2D eigenvalue weighted by molar-refractivity contribution is -0.127. The zero-order valence-electron chi connectivity index (χ0n) is 19.6. The van der Waals surface area contributed by atoms with Gasteiger partial charge < -0.3 is 14.8 Å². The van der Waals surface area contributed by atoms with Gasteiger partial charge in [-0.3, -0.25) is 9.10 Å². The molecular formula is C23H29N3O7S2. The number of anilines is 1. The summed E-state index contributed by atoms with van der Waals surface area (Å²) in [6.45, 7) is 3.10. The predicted octanol–water partition coefficient (Wildman–Crippen LogP) is 1.50. The standard InChI is InChI=1S/C23H29N3O7S2/c1-17-5-10-21-20(15-17)26(34(2,28)29)16-22(33-21)23(27)24-11-14-32-18-6-8-19(9-7-18)35(30,31)25-12-3-4-13-25/h5-10,15,22H,3-4,11-14,16H2,1-2H3,(H,24,27)/t22-/m1/s1. The van der Waals surface area contributed by atoms with E-state index in [0.717, 1.165) is 24.7 Å². The number of hydrogen-bond acceptors (Lipinski definition) is 7. The minimum absolute atomic E-state index is 0.130. The average Bonchev–Trinajstić information content (AvgIpc) is 3.37. The number of fused-ring (bicyclic) bond motifs is 1. The van der Waals surface area contributed by atoms with E-state index in [9.17, 15) is 21.6 Å². The fourth-order valence-electron chi connectivity index (χ4n) is 4.05. The molecule has 1 fully saturated rings. The molecule has 190 valence electrons. The third-order valence-corrected chi connectivity index (χ3v) is 8.93. The van der Waals surface area contributed by atoms with Gasteiger partial charge in [0.15, 0.2) is 6.10 Å². The molecule has 2 aromatic carbocycles. The van der Waals surface area contributed by atoms with Crippen LogP contribution in [0.4, 0.5) is 5.69 Å². The van der Waals surface area contributed by atoms with Crippen LogP contribution in [0.1, 0.15) is 18.4 Å². The monoisotopic (exact) mass is 523 g/mol. The zero-order valence-corrected chi connectivity index (χ0v) is 21.3. The Bertz CT molecular complexity index is 1290. The van der Waals surface area contributed by atoms with Crippen molar-refractivity contribution in [3.05, 3.63) is 48.0 Å². The van der Waals surface area contributed by atoms with Crippen LogP contribution >= 0.6 is 0 Å². The number of nitrogens with zero attached hydrogens (tertiary/aromatic N) is 2. The Balaban J connectivity index is 1.30. The smallest absolute Gasteiger partial charge is 0.263 e. The molecule has 2 heterocycles. The average molecular weight is 524 g/mol. The number of benzene rings is 2. The summed E-state index contributed by atoms with van der Waals surface area (Å²) in [6.07, 6.45) is 1.83. The van der Waals surface area contributed by atoms with Gasteiger partial charge in [0.2, 0.25) is 20.0 Å². The molecule has 2 aliphatic heterocycles. The summed E-state index contributed by atoms with van der Waals surface area (Å²) in [7, 11) is -7.08. The second-order valence-electron chi connectivity index (χ2n) is 8.59. The van der Waals surface area contributed by atoms with Crippen LogP contribution in [0.2, 0.25) is 0 Å². The first kappa shape index (κ1) is 25.3. The topological polar surface area (TPSA) is 122 Å². The minimum atomic E-state index is -3.60. The number of amides is 1. The van der Waals surface area contributed by atoms with Crippen LogP contribution in [0.15, 0.2) is 47.4 Å². The lowest BCUT2D eigenvalue weighted by Crippen LogP contribution is -2.51. The number of carbonyl (C=O) groups excluding carboxylic acids is 1. The van der Waals surface area contributed by atoms with Gasteiger partial charge in [0.05, 0.1) is 29.9 Å². The Kier molecular flexibility index (Phi) is 7.25. The molecule has 0 spiro atoms. The highest BCUT2D eigenvalue weighted by molar-refractivity contribution is 7.92. The molecule has 4 rings (SSSR count). The molecule has 2 aliphatic rings. The highest BCUT2D eigenvalue weighted by Gasteiger charge is 2.35. The first-order valence-corrected chi connectivity index (χ1v) is 14.6. The number of hydrogen-bond donors (Lipinski definition) is 1. The maximum absolute atomic E-state index is 12.7. The molecule has 1 atom stereocenters. The van der Waals surface area contributed by atoms with Gasteiger partial charge in [0.1, 0.15) is 18.1 Å². The Labute approximate surface area is 205 Å². The van der Waals surface area contributed by atoms with Crippen LogP contribution in [0, 0.1) is 6.92 Å².